The number of nitrogens with zero attached hydrogens (tertiary/aromatic N) is 3. The summed E-state index contributed by atoms with van der Waals surface area (Å²) in [6, 6.07) is 12.5. The van der Waals surface area contributed by atoms with Crippen LogP contribution in [0.4, 0.5) is 5.69 Å². The zero-order chi connectivity index (χ0) is 27.0. The minimum atomic E-state index is -3.99. The molecule has 1 atom stereocenters. The molecular weight excluding hydrogens is 476 g/mol. The zero-order valence-corrected chi connectivity index (χ0v) is 23.4. The van der Waals surface area contributed by atoms with Gasteiger partial charge >= 0.3 is 10.2 Å². The highest BCUT2D eigenvalue weighted by Crippen LogP contribution is 2.26. The van der Waals surface area contributed by atoms with Crippen molar-refractivity contribution in [2.45, 2.75) is 60.0 Å². The summed E-state index contributed by atoms with van der Waals surface area (Å²) in [5.74, 6) is -0.682. The van der Waals surface area contributed by atoms with Gasteiger partial charge in [0.25, 0.3) is 0 Å². The van der Waals surface area contributed by atoms with Crippen molar-refractivity contribution in [2.75, 3.05) is 31.5 Å². The molecule has 0 aliphatic rings. The number of anilines is 1. The number of rotatable bonds is 12. The molecule has 0 saturated carbocycles. The summed E-state index contributed by atoms with van der Waals surface area (Å²) in [7, 11) is -1.11. The van der Waals surface area contributed by atoms with Gasteiger partial charge in [-0.05, 0) is 61.9 Å². The summed E-state index contributed by atoms with van der Waals surface area (Å²) in [6.07, 6.45) is 1.17. The van der Waals surface area contributed by atoms with E-state index in [1.165, 1.54) is 19.0 Å². The largest absolute Gasteiger partial charge is 0.354 e. The Bertz CT molecular complexity index is 1160. The predicted molar refractivity (Wildman–Crippen MR) is 145 cm³/mol. The van der Waals surface area contributed by atoms with Gasteiger partial charge in [-0.1, -0.05) is 50.2 Å². The predicted octanol–water partition coefficient (Wildman–Crippen LogP) is 3.56. The fraction of sp³-hybridized carbons (Fsp3) is 0.481. The van der Waals surface area contributed by atoms with Gasteiger partial charge in [-0.25, -0.2) is 4.31 Å². The lowest BCUT2D eigenvalue weighted by atomic mass is 10.1. The SMILES string of the molecule is CCCNC(=O)[C@@H](CC)N(Cc1ccccc1C)C(=O)CN(c1cc(C)ccc1C)S(=O)(=O)N(C)C. The number of hydrogen-bond donors (Lipinski definition) is 1. The fourth-order valence-electron chi connectivity index (χ4n) is 3.95. The molecule has 0 heterocycles. The monoisotopic (exact) mass is 516 g/mol. The molecule has 0 radical (unpaired) electrons. The second-order valence-corrected chi connectivity index (χ2v) is 11.3. The van der Waals surface area contributed by atoms with Gasteiger partial charge in [-0.2, -0.15) is 12.7 Å². The summed E-state index contributed by atoms with van der Waals surface area (Å²) in [5.41, 5.74) is 3.95. The number of aryl methyl sites for hydroxylation is 3. The molecule has 0 saturated heterocycles. The van der Waals surface area contributed by atoms with E-state index < -0.39 is 28.7 Å². The van der Waals surface area contributed by atoms with Gasteiger partial charge < -0.3 is 10.2 Å². The maximum atomic E-state index is 13.9. The average molecular weight is 517 g/mol. The Morgan fingerprint density at radius 3 is 2.22 bits per heavy atom. The molecule has 2 rings (SSSR count). The van der Waals surface area contributed by atoms with Crippen LogP contribution in [0, 0.1) is 20.8 Å². The lowest BCUT2D eigenvalue weighted by Gasteiger charge is -2.34. The second kappa shape index (κ2) is 12.9. The summed E-state index contributed by atoms with van der Waals surface area (Å²) in [5, 5.41) is 2.90. The standard InChI is InChI=1S/C27H40N4O4S/c1-8-16-28-27(33)24(9-2)30(18-23-13-11-10-12-21(23)4)26(32)19-31(36(34,35)29(6)7)25-17-20(3)14-15-22(25)5/h10-15,17,24H,8-9,16,18-19H2,1-7H3,(H,28,33)/t24-/m1/s1. The molecule has 0 spiro atoms. The van der Waals surface area contributed by atoms with Crippen molar-refractivity contribution in [3.05, 3.63) is 64.7 Å². The molecule has 2 aromatic carbocycles. The molecule has 9 heteroatoms. The van der Waals surface area contributed by atoms with Crippen LogP contribution in [0.25, 0.3) is 0 Å². The first-order valence-electron chi connectivity index (χ1n) is 12.3. The summed E-state index contributed by atoms with van der Waals surface area (Å²) in [6.45, 7) is 9.75. The van der Waals surface area contributed by atoms with E-state index in [-0.39, 0.29) is 12.5 Å². The van der Waals surface area contributed by atoms with E-state index in [4.69, 9.17) is 0 Å². The van der Waals surface area contributed by atoms with Crippen LogP contribution < -0.4 is 9.62 Å². The highest BCUT2D eigenvalue weighted by molar-refractivity contribution is 7.90. The number of nitrogens with one attached hydrogen (secondary N) is 1. The smallest absolute Gasteiger partial charge is 0.304 e. The van der Waals surface area contributed by atoms with Crippen LogP contribution in [0.3, 0.4) is 0 Å². The molecular formula is C27H40N4O4S. The fourth-order valence-corrected chi connectivity index (χ4v) is 5.06. The van der Waals surface area contributed by atoms with E-state index in [0.29, 0.717) is 18.7 Å². The molecule has 0 bridgehead atoms. The van der Waals surface area contributed by atoms with E-state index >= 15 is 0 Å². The number of carbonyl (C=O) groups excluding carboxylic acids is 2. The summed E-state index contributed by atoms with van der Waals surface area (Å²) in [4.78, 5) is 28.5. The van der Waals surface area contributed by atoms with Crippen molar-refractivity contribution < 1.29 is 18.0 Å². The zero-order valence-electron chi connectivity index (χ0n) is 22.5. The van der Waals surface area contributed by atoms with E-state index in [1.54, 1.807) is 6.07 Å². The van der Waals surface area contributed by atoms with Gasteiger partial charge in [0.05, 0.1) is 5.69 Å². The first kappa shape index (κ1) is 29.3. The molecule has 198 valence electrons. The van der Waals surface area contributed by atoms with Crippen LogP contribution in [0.1, 0.15) is 48.9 Å². The Kier molecular flexibility index (Phi) is 10.5. The Balaban J connectivity index is 2.56. The number of amides is 2. The highest BCUT2D eigenvalue weighted by Gasteiger charge is 2.34. The molecule has 2 amide bonds. The molecule has 0 unspecified atom stereocenters. The topological polar surface area (TPSA) is 90.0 Å². The molecule has 0 aliphatic carbocycles. The summed E-state index contributed by atoms with van der Waals surface area (Å²) >= 11 is 0. The Labute approximate surface area is 216 Å². The third-order valence-corrected chi connectivity index (χ3v) is 7.99. The van der Waals surface area contributed by atoms with Gasteiger partial charge in [0.2, 0.25) is 11.8 Å². The molecule has 0 aromatic heterocycles. The first-order valence-corrected chi connectivity index (χ1v) is 13.7. The molecule has 0 fully saturated rings. The quantitative estimate of drug-likeness (QED) is 0.467. The highest BCUT2D eigenvalue weighted by atomic mass is 32.2. The van der Waals surface area contributed by atoms with Crippen molar-refractivity contribution in [2.24, 2.45) is 0 Å². The Morgan fingerprint density at radius 2 is 1.64 bits per heavy atom. The van der Waals surface area contributed by atoms with Crippen LogP contribution in [0.2, 0.25) is 0 Å². The first-order chi connectivity index (χ1) is 16.9. The van der Waals surface area contributed by atoms with Gasteiger partial charge in [0, 0.05) is 27.2 Å². The van der Waals surface area contributed by atoms with Gasteiger partial charge in [0.1, 0.15) is 12.6 Å². The van der Waals surface area contributed by atoms with Crippen molar-refractivity contribution in [3.8, 4) is 0 Å². The Hall–Kier alpha value is -2.91. The van der Waals surface area contributed by atoms with Crippen LogP contribution >= 0.6 is 0 Å². The lowest BCUT2D eigenvalue weighted by molar-refractivity contribution is -0.140. The lowest BCUT2D eigenvalue weighted by Crippen LogP contribution is -2.53. The van der Waals surface area contributed by atoms with E-state index in [2.05, 4.69) is 5.32 Å². The maximum absolute atomic E-state index is 13.9. The van der Waals surface area contributed by atoms with Crippen molar-refractivity contribution in [1.82, 2.24) is 14.5 Å². The van der Waals surface area contributed by atoms with E-state index in [9.17, 15) is 18.0 Å². The van der Waals surface area contributed by atoms with Crippen LogP contribution in [-0.4, -0.2) is 62.7 Å². The number of carbonyl (C=O) groups is 2. The van der Waals surface area contributed by atoms with E-state index in [0.717, 1.165) is 37.3 Å². The normalized spacial score (nSPS) is 12.3. The van der Waals surface area contributed by atoms with Gasteiger partial charge in [-0.15, -0.1) is 0 Å². The molecule has 1 N–H and O–H groups in total. The third-order valence-electron chi connectivity index (χ3n) is 6.19. The average Bonchev–Trinajstić information content (AvgIpc) is 2.83. The van der Waals surface area contributed by atoms with Gasteiger partial charge in [0.15, 0.2) is 0 Å². The van der Waals surface area contributed by atoms with Crippen LogP contribution in [0.15, 0.2) is 42.5 Å². The van der Waals surface area contributed by atoms with Crippen molar-refractivity contribution in [1.29, 1.82) is 0 Å². The number of benzene rings is 2. The van der Waals surface area contributed by atoms with Crippen LogP contribution in [-0.2, 0) is 26.3 Å². The van der Waals surface area contributed by atoms with E-state index in [1.807, 2.05) is 71.0 Å². The number of hydrogen-bond acceptors (Lipinski definition) is 4. The van der Waals surface area contributed by atoms with Crippen LogP contribution in [0.5, 0.6) is 0 Å². The minimum Gasteiger partial charge on any atom is -0.354 e. The molecule has 36 heavy (non-hydrogen) atoms. The molecule has 0 aliphatic heterocycles. The third kappa shape index (κ3) is 7.07. The second-order valence-electron chi connectivity index (χ2n) is 9.25. The Morgan fingerprint density at radius 1 is 0.972 bits per heavy atom. The molecule has 2 aromatic rings. The van der Waals surface area contributed by atoms with Crippen molar-refractivity contribution in [3.63, 3.8) is 0 Å². The summed E-state index contributed by atoms with van der Waals surface area (Å²) < 4.78 is 29.0. The molecule has 8 nitrogen and oxygen atoms in total. The van der Waals surface area contributed by atoms with Crippen molar-refractivity contribution >= 4 is 27.7 Å². The minimum absolute atomic E-state index is 0.201. The van der Waals surface area contributed by atoms with Gasteiger partial charge in [-0.3, -0.25) is 9.59 Å². The maximum Gasteiger partial charge on any atom is 0.304 e.